The van der Waals surface area contributed by atoms with Gasteiger partial charge in [-0.2, -0.15) is 0 Å². The molecule has 0 spiro atoms. The summed E-state index contributed by atoms with van der Waals surface area (Å²) in [4.78, 5) is 23.5. The zero-order chi connectivity index (χ0) is 27.4. The van der Waals surface area contributed by atoms with Gasteiger partial charge in [0.25, 0.3) is 0 Å². The smallest absolute Gasteiger partial charge is 0.308 e. The maximum Gasteiger partial charge on any atom is 0.308 e. The number of esters is 1. The molecule has 1 amide bonds. The number of amides is 1. The minimum atomic E-state index is -0.478. The van der Waals surface area contributed by atoms with Gasteiger partial charge in [-0.05, 0) is 36.6 Å². The molecule has 1 aromatic rings. The summed E-state index contributed by atoms with van der Waals surface area (Å²) in [5, 5.41) is 13.5. The van der Waals surface area contributed by atoms with E-state index in [0.717, 1.165) is 24.0 Å². The fraction of sp³-hybridized carbons (Fsp3) is 0.667. The van der Waals surface area contributed by atoms with Crippen molar-refractivity contribution in [2.24, 2.45) is 0 Å². The van der Waals surface area contributed by atoms with Gasteiger partial charge in [-0.15, -0.1) is 5.73 Å². The molecule has 212 valence electrons. The van der Waals surface area contributed by atoms with Crippen LogP contribution in [-0.2, 0) is 9.59 Å². The highest BCUT2D eigenvalue weighted by Gasteiger charge is 2.20. The van der Waals surface area contributed by atoms with E-state index in [1.165, 1.54) is 103 Å². The van der Waals surface area contributed by atoms with Gasteiger partial charge in [0.15, 0.2) is 11.5 Å². The van der Waals surface area contributed by atoms with Gasteiger partial charge in [-0.3, -0.25) is 9.59 Å². The van der Waals surface area contributed by atoms with Crippen LogP contribution < -0.4 is 10.1 Å². The Morgan fingerprint density at radius 3 is 1.87 bits per heavy atom. The number of phenolic OH excluding ortho intramolecular Hbond substituents is 1. The number of ether oxygens (including phenoxy) is 1. The average Bonchev–Trinajstić information content (AvgIpc) is 3.31. The lowest BCUT2D eigenvalue weighted by Crippen LogP contribution is -2.24. The third kappa shape index (κ3) is 12.8. The first-order chi connectivity index (χ1) is 18.5. The molecule has 0 heterocycles. The molecule has 0 saturated carbocycles. The van der Waals surface area contributed by atoms with E-state index in [4.69, 9.17) is 4.74 Å². The Balaban J connectivity index is 1.42. The molecule has 5 nitrogen and oxygen atoms in total. The molecule has 1 aromatic carbocycles. The fourth-order valence-electron chi connectivity index (χ4n) is 5.12. The maximum atomic E-state index is 12.2. The predicted octanol–water partition coefficient (Wildman–Crippen LogP) is 8.87. The number of benzene rings is 1. The summed E-state index contributed by atoms with van der Waals surface area (Å²) in [5.41, 5.74) is 5.44. The Morgan fingerprint density at radius 1 is 0.816 bits per heavy atom. The molecule has 1 aliphatic rings. The van der Waals surface area contributed by atoms with Crippen LogP contribution in [-0.4, -0.2) is 23.5 Å². The van der Waals surface area contributed by atoms with Crippen molar-refractivity contribution in [3.63, 3.8) is 0 Å². The molecule has 0 aromatic heterocycles. The van der Waals surface area contributed by atoms with Gasteiger partial charge >= 0.3 is 5.97 Å². The van der Waals surface area contributed by atoms with E-state index >= 15 is 0 Å². The number of carbonyl (C=O) groups is 2. The molecule has 2 rings (SSSR count). The first kappa shape index (κ1) is 31.7. The molecular weight excluding hydrogens is 474 g/mol. The summed E-state index contributed by atoms with van der Waals surface area (Å²) in [6.07, 6.45) is 25.6. The van der Waals surface area contributed by atoms with E-state index in [2.05, 4.69) is 18.0 Å². The summed E-state index contributed by atoms with van der Waals surface area (Å²) in [5.74, 6) is -0.308. The Labute approximate surface area is 231 Å². The summed E-state index contributed by atoms with van der Waals surface area (Å²) in [7, 11) is 0. The minimum Gasteiger partial charge on any atom is -0.504 e. The second-order valence-corrected chi connectivity index (χ2v) is 10.7. The molecule has 2 N–H and O–H groups in total. The molecule has 5 heteroatoms. The van der Waals surface area contributed by atoms with Crippen LogP contribution in [0.2, 0.25) is 0 Å². The highest BCUT2D eigenvalue weighted by molar-refractivity contribution is 5.87. The van der Waals surface area contributed by atoms with Gasteiger partial charge in [0, 0.05) is 31.0 Å². The maximum absolute atomic E-state index is 12.2. The number of fused-ring (bicyclic) bond motifs is 1. The van der Waals surface area contributed by atoms with Gasteiger partial charge < -0.3 is 15.2 Å². The van der Waals surface area contributed by atoms with Crippen LogP contribution in [0.5, 0.6) is 11.5 Å². The summed E-state index contributed by atoms with van der Waals surface area (Å²) in [6, 6.07) is 3.38. The van der Waals surface area contributed by atoms with Crippen LogP contribution in [0.25, 0.3) is 11.6 Å². The second kappa shape index (κ2) is 19.5. The van der Waals surface area contributed by atoms with Crippen LogP contribution in [0.1, 0.15) is 147 Å². The minimum absolute atomic E-state index is 0.0521. The van der Waals surface area contributed by atoms with Crippen LogP contribution in [0.4, 0.5) is 0 Å². The molecule has 0 aliphatic heterocycles. The predicted molar refractivity (Wildman–Crippen MR) is 157 cm³/mol. The first-order valence-corrected chi connectivity index (χ1v) is 15.3. The Kier molecular flexibility index (Phi) is 16.3. The Hall–Kier alpha value is -2.52. The lowest BCUT2D eigenvalue weighted by Gasteiger charge is -2.12. The number of hydrogen-bond donors (Lipinski definition) is 2. The second-order valence-electron chi connectivity index (χ2n) is 10.7. The molecule has 38 heavy (non-hydrogen) atoms. The van der Waals surface area contributed by atoms with Gasteiger partial charge in [0.1, 0.15) is 0 Å². The molecule has 0 fully saturated rings. The van der Waals surface area contributed by atoms with Gasteiger partial charge in [0.05, 0.1) is 0 Å². The Bertz CT molecular complexity index is 914. The monoisotopic (exact) mass is 525 g/mol. The van der Waals surface area contributed by atoms with E-state index < -0.39 is 5.97 Å². The summed E-state index contributed by atoms with van der Waals surface area (Å²) < 4.78 is 5.07. The SMILES string of the molecule is CCCCCCCCCCCCCCCCCCCC(=O)NCCC1=C=Cc2ccc(OC(C)=O)c(O)c21. The van der Waals surface area contributed by atoms with Crippen molar-refractivity contribution in [1.82, 2.24) is 5.32 Å². The highest BCUT2D eigenvalue weighted by atomic mass is 16.5. The van der Waals surface area contributed by atoms with Crippen LogP contribution in [0.3, 0.4) is 0 Å². The molecule has 0 saturated heterocycles. The van der Waals surface area contributed by atoms with Gasteiger partial charge in [0.2, 0.25) is 5.91 Å². The number of rotatable bonds is 22. The van der Waals surface area contributed by atoms with E-state index in [-0.39, 0.29) is 17.4 Å². The summed E-state index contributed by atoms with van der Waals surface area (Å²) in [6.45, 7) is 4.07. The third-order valence-corrected chi connectivity index (χ3v) is 7.34. The number of aromatic hydroxyl groups is 1. The van der Waals surface area contributed by atoms with Crippen molar-refractivity contribution in [3.05, 3.63) is 29.0 Å². The zero-order valence-corrected chi connectivity index (χ0v) is 24.0. The van der Waals surface area contributed by atoms with Crippen molar-refractivity contribution in [2.75, 3.05) is 6.54 Å². The first-order valence-electron chi connectivity index (χ1n) is 15.3. The normalized spacial score (nSPS) is 11.9. The highest BCUT2D eigenvalue weighted by Crippen LogP contribution is 2.41. The third-order valence-electron chi connectivity index (χ3n) is 7.34. The van der Waals surface area contributed by atoms with Crippen molar-refractivity contribution in [2.45, 2.75) is 136 Å². The standard InChI is InChI=1S/C33H51NO4/c1-3-4-5-6-7-8-9-10-11-12-13-14-15-16-17-18-19-20-31(36)34-26-25-29-22-21-28-23-24-30(38-27(2)35)33(37)32(28)29/h21,23-24,37H,3-20,25-26H2,1-2H3,(H,34,36). The Morgan fingerprint density at radius 2 is 1.34 bits per heavy atom. The lowest BCUT2D eigenvalue weighted by molar-refractivity contribution is -0.132. The molecular formula is C33H51NO4. The van der Waals surface area contributed by atoms with E-state index in [1.54, 1.807) is 18.2 Å². The van der Waals surface area contributed by atoms with Crippen LogP contribution >= 0.6 is 0 Å². The van der Waals surface area contributed by atoms with E-state index in [1.807, 2.05) is 0 Å². The molecule has 0 atom stereocenters. The van der Waals surface area contributed by atoms with Gasteiger partial charge in [-0.1, -0.05) is 110 Å². The van der Waals surface area contributed by atoms with Crippen LogP contribution in [0.15, 0.2) is 17.9 Å². The van der Waals surface area contributed by atoms with Gasteiger partial charge in [-0.25, -0.2) is 0 Å². The van der Waals surface area contributed by atoms with Crippen molar-refractivity contribution in [1.29, 1.82) is 0 Å². The number of hydrogen-bond acceptors (Lipinski definition) is 4. The lowest BCUT2D eigenvalue weighted by atomic mass is 10.0. The molecule has 0 bridgehead atoms. The van der Waals surface area contributed by atoms with Crippen molar-refractivity contribution >= 4 is 23.5 Å². The quantitative estimate of drug-likeness (QED) is 0.0686. The van der Waals surface area contributed by atoms with E-state index in [0.29, 0.717) is 24.9 Å². The number of unbranched alkanes of at least 4 members (excludes halogenated alkanes) is 16. The number of phenols is 1. The zero-order valence-electron chi connectivity index (χ0n) is 24.0. The van der Waals surface area contributed by atoms with Crippen molar-refractivity contribution in [3.8, 4) is 11.5 Å². The largest absolute Gasteiger partial charge is 0.504 e. The number of nitrogens with one attached hydrogen (secondary N) is 1. The summed E-state index contributed by atoms with van der Waals surface area (Å²) >= 11 is 0. The molecule has 0 radical (unpaired) electrons. The number of carbonyl (C=O) groups excluding carboxylic acids is 2. The molecule has 0 unspecified atom stereocenters. The fourth-order valence-corrected chi connectivity index (χ4v) is 5.12. The van der Waals surface area contributed by atoms with E-state index in [9.17, 15) is 14.7 Å². The van der Waals surface area contributed by atoms with Crippen LogP contribution in [0, 0.1) is 0 Å². The average molecular weight is 526 g/mol. The van der Waals surface area contributed by atoms with Crippen molar-refractivity contribution < 1.29 is 19.4 Å². The molecule has 1 aliphatic carbocycles. The topological polar surface area (TPSA) is 75.6 Å².